The number of nitrogens with zero attached hydrogens (tertiary/aromatic N) is 1. The van der Waals surface area contributed by atoms with E-state index in [1.807, 2.05) is 13.8 Å². The van der Waals surface area contributed by atoms with Gasteiger partial charge < -0.3 is 19.3 Å². The van der Waals surface area contributed by atoms with Gasteiger partial charge in [-0.3, -0.25) is 14.5 Å². The van der Waals surface area contributed by atoms with E-state index in [1.54, 1.807) is 54.6 Å². The largest absolute Gasteiger partial charge is 0.507 e. The van der Waals surface area contributed by atoms with Gasteiger partial charge in [-0.1, -0.05) is 25.1 Å². The Hall–Kier alpha value is -4.59. The second-order valence-electron chi connectivity index (χ2n) is 8.78. The molecule has 1 aliphatic rings. The van der Waals surface area contributed by atoms with Crippen LogP contribution in [0.1, 0.15) is 46.4 Å². The summed E-state index contributed by atoms with van der Waals surface area (Å²) in [7, 11) is 2.77. The molecule has 0 spiro atoms. The maximum Gasteiger partial charge on any atom is 0.337 e. The Labute approximate surface area is 221 Å². The van der Waals surface area contributed by atoms with Crippen LogP contribution in [-0.4, -0.2) is 43.6 Å². The van der Waals surface area contributed by atoms with Gasteiger partial charge in [0.25, 0.3) is 11.7 Å². The van der Waals surface area contributed by atoms with E-state index in [0.29, 0.717) is 40.5 Å². The first kappa shape index (κ1) is 26.5. The second kappa shape index (κ2) is 11.2. The fraction of sp³-hybridized carbons (Fsp3) is 0.233. The number of ketones is 1. The van der Waals surface area contributed by atoms with Crippen LogP contribution in [0.3, 0.4) is 0 Å². The van der Waals surface area contributed by atoms with Crippen molar-refractivity contribution in [3.8, 4) is 11.5 Å². The lowest BCUT2D eigenvalue weighted by atomic mass is 9.94. The summed E-state index contributed by atoms with van der Waals surface area (Å²) in [5, 5.41) is 11.4. The summed E-state index contributed by atoms with van der Waals surface area (Å²) in [6.07, 6.45) is 0.851. The van der Waals surface area contributed by atoms with E-state index in [2.05, 4.69) is 0 Å². The molecule has 196 valence electrons. The van der Waals surface area contributed by atoms with Crippen LogP contribution in [0.2, 0.25) is 0 Å². The van der Waals surface area contributed by atoms with E-state index < -0.39 is 23.7 Å². The Balaban J connectivity index is 1.89. The number of aliphatic hydroxyl groups excluding tert-OH is 1. The van der Waals surface area contributed by atoms with Crippen LogP contribution >= 0.6 is 0 Å². The number of esters is 1. The van der Waals surface area contributed by atoms with E-state index in [1.165, 1.54) is 31.3 Å². The van der Waals surface area contributed by atoms with Gasteiger partial charge >= 0.3 is 5.97 Å². The Morgan fingerprint density at radius 3 is 2.26 bits per heavy atom. The smallest absolute Gasteiger partial charge is 0.337 e. The fourth-order valence-electron chi connectivity index (χ4n) is 4.49. The zero-order valence-electron chi connectivity index (χ0n) is 21.7. The predicted molar refractivity (Wildman–Crippen MR) is 143 cm³/mol. The normalized spacial score (nSPS) is 16.4. The third kappa shape index (κ3) is 4.85. The number of aliphatic hydroxyl groups is 1. The molecule has 0 radical (unpaired) electrons. The number of methoxy groups -OCH3 is 2. The summed E-state index contributed by atoms with van der Waals surface area (Å²) >= 11 is 0. The summed E-state index contributed by atoms with van der Waals surface area (Å²) in [4.78, 5) is 40.1. The Kier molecular flexibility index (Phi) is 7.81. The maximum atomic E-state index is 13.5. The molecule has 3 aromatic carbocycles. The summed E-state index contributed by atoms with van der Waals surface area (Å²) in [5.41, 5.74) is 2.27. The first-order chi connectivity index (χ1) is 18.3. The van der Waals surface area contributed by atoms with Gasteiger partial charge in [-0.15, -0.1) is 0 Å². The number of aryl methyl sites for hydroxylation is 1. The molecule has 8 heteroatoms. The number of Topliss-reactive ketones (excluding diaryl/α,β-unsaturated/α-hetero) is 1. The van der Waals surface area contributed by atoms with Crippen LogP contribution in [0.25, 0.3) is 5.76 Å². The molecule has 8 nitrogen and oxygen atoms in total. The number of carbonyl (C=O) groups excluding carboxylic acids is 3. The van der Waals surface area contributed by atoms with Crippen LogP contribution in [0.4, 0.5) is 5.69 Å². The summed E-state index contributed by atoms with van der Waals surface area (Å²) in [6.45, 7) is 4.41. The quantitative estimate of drug-likeness (QED) is 0.190. The Morgan fingerprint density at radius 2 is 1.63 bits per heavy atom. The summed E-state index contributed by atoms with van der Waals surface area (Å²) < 4.78 is 16.0. The molecule has 0 bridgehead atoms. The highest BCUT2D eigenvalue weighted by molar-refractivity contribution is 6.51. The number of benzene rings is 3. The Morgan fingerprint density at radius 1 is 0.947 bits per heavy atom. The first-order valence-electron chi connectivity index (χ1n) is 12.2. The molecule has 1 amide bonds. The number of anilines is 1. The van der Waals surface area contributed by atoms with E-state index in [0.717, 1.165) is 12.0 Å². The number of ether oxygens (including phenoxy) is 3. The molecule has 0 aromatic heterocycles. The van der Waals surface area contributed by atoms with Crippen molar-refractivity contribution in [3.63, 3.8) is 0 Å². The molecule has 1 heterocycles. The monoisotopic (exact) mass is 515 g/mol. The molecule has 0 aliphatic carbocycles. The minimum atomic E-state index is -0.980. The minimum Gasteiger partial charge on any atom is -0.507 e. The summed E-state index contributed by atoms with van der Waals surface area (Å²) in [5.74, 6) is -1.36. The van der Waals surface area contributed by atoms with Gasteiger partial charge in [-0.25, -0.2) is 4.79 Å². The predicted octanol–water partition coefficient (Wildman–Crippen LogP) is 5.21. The van der Waals surface area contributed by atoms with Crippen molar-refractivity contribution in [2.45, 2.75) is 26.3 Å². The number of amides is 1. The second-order valence-corrected chi connectivity index (χ2v) is 8.78. The van der Waals surface area contributed by atoms with Crippen LogP contribution in [-0.2, 0) is 14.3 Å². The van der Waals surface area contributed by atoms with Crippen molar-refractivity contribution < 1.29 is 33.7 Å². The number of carbonyl (C=O) groups is 3. The minimum absolute atomic E-state index is 0.0711. The molecule has 4 rings (SSSR count). The van der Waals surface area contributed by atoms with Gasteiger partial charge in [0.1, 0.15) is 17.3 Å². The topological polar surface area (TPSA) is 102 Å². The highest BCUT2D eigenvalue weighted by Crippen LogP contribution is 2.45. The number of rotatable bonds is 8. The van der Waals surface area contributed by atoms with Gasteiger partial charge in [-0.05, 0) is 67.4 Å². The van der Waals surface area contributed by atoms with Gasteiger partial charge in [0.15, 0.2) is 0 Å². The van der Waals surface area contributed by atoms with Gasteiger partial charge in [-0.2, -0.15) is 0 Å². The van der Waals surface area contributed by atoms with Crippen molar-refractivity contribution in [3.05, 3.63) is 94.6 Å². The van der Waals surface area contributed by atoms with Crippen molar-refractivity contribution in [1.82, 2.24) is 0 Å². The van der Waals surface area contributed by atoms with Crippen molar-refractivity contribution in [1.29, 1.82) is 0 Å². The average Bonchev–Trinajstić information content (AvgIpc) is 3.21. The zero-order valence-corrected chi connectivity index (χ0v) is 21.7. The van der Waals surface area contributed by atoms with Crippen molar-refractivity contribution in [2.24, 2.45) is 0 Å². The van der Waals surface area contributed by atoms with E-state index >= 15 is 0 Å². The van der Waals surface area contributed by atoms with Crippen LogP contribution in [0, 0.1) is 6.92 Å². The van der Waals surface area contributed by atoms with Gasteiger partial charge in [0, 0.05) is 16.8 Å². The van der Waals surface area contributed by atoms with Crippen LogP contribution in [0.15, 0.2) is 72.3 Å². The highest BCUT2D eigenvalue weighted by atomic mass is 16.5. The van der Waals surface area contributed by atoms with Gasteiger partial charge in [0.2, 0.25) is 0 Å². The lowest BCUT2D eigenvalue weighted by molar-refractivity contribution is -0.132. The molecule has 38 heavy (non-hydrogen) atoms. The zero-order chi connectivity index (χ0) is 27.4. The fourth-order valence-corrected chi connectivity index (χ4v) is 4.49. The van der Waals surface area contributed by atoms with E-state index in [4.69, 9.17) is 14.2 Å². The van der Waals surface area contributed by atoms with E-state index in [9.17, 15) is 19.5 Å². The number of para-hydroxylation sites is 1. The third-order valence-electron chi connectivity index (χ3n) is 6.35. The standard InChI is InChI=1S/C30H29NO7/c1-5-16-38-23-15-12-20(17-18(23)2)27(32)25-26(22-8-6-7-9-24(22)36-3)31(29(34)28(25)33)21-13-10-19(11-14-21)30(35)37-4/h6-15,17,26,32H,5,16H2,1-4H3/b27-25+. The SMILES string of the molecule is CCCOc1ccc(/C(O)=C2\C(=O)C(=O)N(c3ccc(C(=O)OC)cc3)C2c2ccccc2OC)cc1C. The molecule has 1 atom stereocenters. The molecular formula is C30H29NO7. The summed E-state index contributed by atoms with van der Waals surface area (Å²) in [6, 6.07) is 17.3. The van der Waals surface area contributed by atoms with Gasteiger partial charge in [0.05, 0.1) is 38.0 Å². The van der Waals surface area contributed by atoms with Crippen molar-refractivity contribution >= 4 is 29.1 Å². The molecule has 1 aliphatic heterocycles. The number of hydrogen-bond acceptors (Lipinski definition) is 7. The molecular weight excluding hydrogens is 486 g/mol. The van der Waals surface area contributed by atoms with Crippen molar-refractivity contribution in [2.75, 3.05) is 25.7 Å². The number of hydrogen-bond donors (Lipinski definition) is 1. The molecule has 1 saturated heterocycles. The maximum absolute atomic E-state index is 13.5. The molecule has 3 aromatic rings. The van der Waals surface area contributed by atoms with Crippen LogP contribution < -0.4 is 14.4 Å². The Bertz CT molecular complexity index is 1410. The lowest BCUT2D eigenvalue weighted by Crippen LogP contribution is -2.29. The molecule has 1 N–H and O–H groups in total. The first-order valence-corrected chi connectivity index (χ1v) is 12.2. The third-order valence-corrected chi connectivity index (χ3v) is 6.35. The molecule has 1 unspecified atom stereocenters. The molecule has 1 fully saturated rings. The van der Waals surface area contributed by atoms with E-state index in [-0.39, 0.29) is 11.3 Å². The lowest BCUT2D eigenvalue weighted by Gasteiger charge is -2.26. The van der Waals surface area contributed by atoms with Crippen LogP contribution in [0.5, 0.6) is 11.5 Å². The highest BCUT2D eigenvalue weighted by Gasteiger charge is 2.48. The molecule has 0 saturated carbocycles. The average molecular weight is 516 g/mol.